The summed E-state index contributed by atoms with van der Waals surface area (Å²) >= 11 is 0. The molecule has 1 N–H and O–H groups in total. The Balaban J connectivity index is 1.59. The summed E-state index contributed by atoms with van der Waals surface area (Å²) in [6.45, 7) is 0.929. The Morgan fingerprint density at radius 2 is 2.05 bits per heavy atom. The van der Waals surface area contributed by atoms with Crippen LogP contribution in [0.3, 0.4) is 0 Å². The van der Waals surface area contributed by atoms with E-state index in [0.29, 0.717) is 0 Å². The molecule has 3 heteroatoms. The molecule has 2 heterocycles. The number of aliphatic hydroxyl groups excluding tert-OH is 1. The van der Waals surface area contributed by atoms with E-state index < -0.39 is 0 Å². The van der Waals surface area contributed by atoms with Crippen LogP contribution < -0.4 is 4.74 Å². The van der Waals surface area contributed by atoms with E-state index in [1.807, 2.05) is 24.3 Å². The average molecular weight is 279 g/mol. The smallest absolute Gasteiger partial charge is 0.123 e. The maximum atomic E-state index is 9.21. The van der Waals surface area contributed by atoms with E-state index in [0.717, 1.165) is 29.7 Å². The molecule has 3 nitrogen and oxygen atoms in total. The highest BCUT2D eigenvalue weighted by atomic mass is 16.5. The number of fused-ring (bicyclic) bond motifs is 2. The van der Waals surface area contributed by atoms with Crippen molar-refractivity contribution in [1.29, 1.82) is 0 Å². The summed E-state index contributed by atoms with van der Waals surface area (Å²) in [7, 11) is 0. The van der Waals surface area contributed by atoms with Gasteiger partial charge in [-0.15, -0.1) is 0 Å². The molecule has 0 fully saturated rings. The molecule has 1 unspecified atom stereocenters. The van der Waals surface area contributed by atoms with E-state index in [1.54, 1.807) is 0 Å². The van der Waals surface area contributed by atoms with Gasteiger partial charge in [-0.05, 0) is 40.8 Å². The van der Waals surface area contributed by atoms with Crippen molar-refractivity contribution in [1.82, 2.24) is 4.57 Å². The third-order valence-corrected chi connectivity index (χ3v) is 4.13. The third-order valence-electron chi connectivity index (χ3n) is 4.13. The van der Waals surface area contributed by atoms with E-state index in [-0.39, 0.29) is 12.7 Å². The van der Waals surface area contributed by atoms with E-state index in [4.69, 9.17) is 4.74 Å². The molecule has 0 spiro atoms. The summed E-state index contributed by atoms with van der Waals surface area (Å²) in [6, 6.07) is 16.4. The summed E-state index contributed by atoms with van der Waals surface area (Å²) < 4.78 is 8.24. The summed E-state index contributed by atoms with van der Waals surface area (Å²) in [4.78, 5) is 0. The van der Waals surface area contributed by atoms with Crippen LogP contribution >= 0.6 is 0 Å². The molecule has 0 amide bonds. The molecule has 0 aliphatic carbocycles. The van der Waals surface area contributed by atoms with Crippen LogP contribution in [0.4, 0.5) is 0 Å². The van der Waals surface area contributed by atoms with Crippen molar-refractivity contribution >= 4 is 10.9 Å². The summed E-state index contributed by atoms with van der Waals surface area (Å²) in [5.41, 5.74) is 3.43. The van der Waals surface area contributed by atoms with Gasteiger partial charge in [-0.25, -0.2) is 0 Å². The first kappa shape index (κ1) is 12.5. The van der Waals surface area contributed by atoms with Gasteiger partial charge in [0.15, 0.2) is 0 Å². The molecular formula is C18H17NO2. The Morgan fingerprint density at radius 1 is 1.14 bits per heavy atom. The standard InChI is InChI=1S/C18H17NO2/c20-12-13-5-6-17-14(9-13)7-8-19(17)11-16-10-15-3-1-2-4-18(15)21-16/h1-9,16,20H,10-12H2. The number of rotatable bonds is 3. The molecule has 4 rings (SSSR count). The Bertz CT molecular complexity index is 766. The molecule has 1 aliphatic rings. The van der Waals surface area contributed by atoms with E-state index in [2.05, 4.69) is 35.0 Å². The number of hydrogen-bond acceptors (Lipinski definition) is 2. The molecule has 2 aromatic carbocycles. The molecule has 3 aromatic rings. The monoisotopic (exact) mass is 279 g/mol. The van der Waals surface area contributed by atoms with E-state index in [1.165, 1.54) is 11.1 Å². The lowest BCUT2D eigenvalue weighted by Crippen LogP contribution is -2.20. The molecule has 1 atom stereocenters. The lowest BCUT2D eigenvalue weighted by Gasteiger charge is -2.13. The van der Waals surface area contributed by atoms with Crippen LogP contribution in [-0.2, 0) is 19.6 Å². The maximum absolute atomic E-state index is 9.21. The number of hydrogen-bond donors (Lipinski definition) is 1. The second-order valence-corrected chi connectivity index (χ2v) is 5.57. The number of ether oxygens (including phenoxy) is 1. The summed E-state index contributed by atoms with van der Waals surface area (Å²) in [5.74, 6) is 1.02. The average Bonchev–Trinajstić information content (AvgIpc) is 3.10. The first-order valence-electron chi connectivity index (χ1n) is 7.27. The fraction of sp³-hybridized carbons (Fsp3) is 0.222. The first-order chi connectivity index (χ1) is 10.3. The van der Waals surface area contributed by atoms with Crippen LogP contribution in [-0.4, -0.2) is 15.8 Å². The SMILES string of the molecule is OCc1ccc2c(ccn2CC2Cc3ccccc3O2)c1. The van der Waals surface area contributed by atoms with Crippen LogP contribution in [0.2, 0.25) is 0 Å². The minimum Gasteiger partial charge on any atom is -0.488 e. The fourth-order valence-corrected chi connectivity index (χ4v) is 3.08. The number of benzene rings is 2. The second kappa shape index (κ2) is 4.93. The lowest BCUT2D eigenvalue weighted by atomic mass is 10.1. The zero-order valence-electron chi connectivity index (χ0n) is 11.7. The van der Waals surface area contributed by atoms with Gasteiger partial charge >= 0.3 is 0 Å². The maximum Gasteiger partial charge on any atom is 0.123 e. The largest absolute Gasteiger partial charge is 0.488 e. The van der Waals surface area contributed by atoms with Crippen LogP contribution in [0.1, 0.15) is 11.1 Å². The van der Waals surface area contributed by atoms with Crippen LogP contribution in [0.5, 0.6) is 5.75 Å². The van der Waals surface area contributed by atoms with Gasteiger partial charge in [0, 0.05) is 18.1 Å². The van der Waals surface area contributed by atoms with E-state index >= 15 is 0 Å². The highest BCUT2D eigenvalue weighted by Crippen LogP contribution is 2.29. The van der Waals surface area contributed by atoms with Gasteiger partial charge in [0.25, 0.3) is 0 Å². The number of para-hydroxylation sites is 1. The zero-order chi connectivity index (χ0) is 14.2. The normalized spacial score (nSPS) is 16.9. The van der Waals surface area contributed by atoms with Gasteiger partial charge in [-0.1, -0.05) is 24.3 Å². The van der Waals surface area contributed by atoms with Gasteiger partial charge in [-0.3, -0.25) is 0 Å². The van der Waals surface area contributed by atoms with Gasteiger partial charge < -0.3 is 14.4 Å². The van der Waals surface area contributed by atoms with Gasteiger partial charge in [-0.2, -0.15) is 0 Å². The highest BCUT2D eigenvalue weighted by Gasteiger charge is 2.22. The van der Waals surface area contributed by atoms with Crippen molar-refractivity contribution in [2.75, 3.05) is 0 Å². The Morgan fingerprint density at radius 3 is 2.90 bits per heavy atom. The zero-order valence-corrected chi connectivity index (χ0v) is 11.7. The van der Waals surface area contributed by atoms with Crippen molar-refractivity contribution in [3.63, 3.8) is 0 Å². The lowest BCUT2D eigenvalue weighted by molar-refractivity contribution is 0.211. The van der Waals surface area contributed by atoms with Crippen molar-refractivity contribution < 1.29 is 9.84 Å². The van der Waals surface area contributed by atoms with Crippen LogP contribution in [0.25, 0.3) is 10.9 Å². The Hall–Kier alpha value is -2.26. The van der Waals surface area contributed by atoms with Gasteiger partial charge in [0.2, 0.25) is 0 Å². The van der Waals surface area contributed by atoms with Gasteiger partial charge in [0.1, 0.15) is 11.9 Å². The Labute approximate surface area is 123 Å². The number of aromatic nitrogens is 1. The first-order valence-corrected chi connectivity index (χ1v) is 7.27. The molecule has 1 aromatic heterocycles. The van der Waals surface area contributed by atoms with Crippen molar-refractivity contribution in [3.8, 4) is 5.75 Å². The van der Waals surface area contributed by atoms with Crippen molar-refractivity contribution in [2.24, 2.45) is 0 Å². The van der Waals surface area contributed by atoms with E-state index in [9.17, 15) is 5.11 Å². The summed E-state index contributed by atoms with van der Waals surface area (Å²) in [6.07, 6.45) is 3.25. The predicted octanol–water partition coefficient (Wildman–Crippen LogP) is 3.14. The summed E-state index contributed by atoms with van der Waals surface area (Å²) in [5, 5.41) is 10.4. The van der Waals surface area contributed by atoms with Crippen LogP contribution in [0, 0.1) is 0 Å². The molecule has 0 saturated heterocycles. The highest BCUT2D eigenvalue weighted by molar-refractivity contribution is 5.80. The Kier molecular flexibility index (Phi) is 2.93. The van der Waals surface area contributed by atoms with Crippen LogP contribution in [0.15, 0.2) is 54.7 Å². The quantitative estimate of drug-likeness (QED) is 0.799. The second-order valence-electron chi connectivity index (χ2n) is 5.57. The van der Waals surface area contributed by atoms with Crippen molar-refractivity contribution in [2.45, 2.75) is 25.7 Å². The molecule has 0 bridgehead atoms. The molecule has 1 aliphatic heterocycles. The third kappa shape index (κ3) is 2.20. The predicted molar refractivity (Wildman–Crippen MR) is 82.4 cm³/mol. The molecule has 21 heavy (non-hydrogen) atoms. The minimum absolute atomic E-state index is 0.0855. The molecular weight excluding hydrogens is 262 g/mol. The molecule has 0 saturated carbocycles. The minimum atomic E-state index is 0.0855. The topological polar surface area (TPSA) is 34.4 Å². The number of nitrogens with zero attached hydrogens (tertiary/aromatic N) is 1. The molecule has 106 valence electrons. The number of aliphatic hydroxyl groups is 1. The molecule has 0 radical (unpaired) electrons. The fourth-order valence-electron chi connectivity index (χ4n) is 3.08. The van der Waals surface area contributed by atoms with Gasteiger partial charge in [0.05, 0.1) is 13.2 Å². The van der Waals surface area contributed by atoms with Crippen molar-refractivity contribution in [3.05, 3.63) is 65.9 Å².